The average molecular weight is 657 g/mol. The summed E-state index contributed by atoms with van der Waals surface area (Å²) in [5.74, 6) is 1.29. The van der Waals surface area contributed by atoms with Crippen LogP contribution in [0.15, 0.2) is 48.6 Å². The molecule has 2 atom stereocenters. The normalized spacial score (nSPS) is 18.3. The Morgan fingerprint density at radius 2 is 0.745 bits per heavy atom. The number of hydrogen-bond acceptors (Lipinski definition) is 2. The largest absolute Gasteiger partial charge is 0.381 e. The van der Waals surface area contributed by atoms with E-state index >= 15 is 0 Å². The Hall–Kier alpha value is -1.16. The second kappa shape index (κ2) is 33.3. The fourth-order valence-electron chi connectivity index (χ4n) is 6.87. The fraction of sp³-hybridized carbons (Fsp3) is 0.818. The van der Waals surface area contributed by atoms with Crippen molar-refractivity contribution in [1.29, 1.82) is 0 Å². The first-order valence-electron chi connectivity index (χ1n) is 20.7. The SMILES string of the molecule is CCCCCC=CCC=CCCCCCCCCOC[C@@H]1C[N+](C)(C)C[C@H]1COCCCCCCCCC=CCC=CCCCCC. The van der Waals surface area contributed by atoms with E-state index in [0.717, 1.165) is 43.8 Å². The Labute approximate surface area is 295 Å². The predicted octanol–water partition coefficient (Wildman–Crippen LogP) is 13.0. The summed E-state index contributed by atoms with van der Waals surface area (Å²) in [4.78, 5) is 0. The van der Waals surface area contributed by atoms with Crippen LogP contribution in [0.1, 0.15) is 168 Å². The van der Waals surface area contributed by atoms with Crippen LogP contribution in [-0.4, -0.2) is 58.1 Å². The minimum absolute atomic E-state index is 0.644. The third kappa shape index (κ3) is 29.5. The summed E-state index contributed by atoms with van der Waals surface area (Å²) in [6.07, 6.45) is 49.9. The lowest BCUT2D eigenvalue weighted by Gasteiger charge is -2.23. The van der Waals surface area contributed by atoms with Crippen molar-refractivity contribution in [3.63, 3.8) is 0 Å². The van der Waals surface area contributed by atoms with Crippen LogP contribution in [-0.2, 0) is 9.47 Å². The van der Waals surface area contributed by atoms with Gasteiger partial charge in [-0.25, -0.2) is 0 Å². The molecule has 1 rings (SSSR count). The fourth-order valence-corrected chi connectivity index (χ4v) is 6.87. The molecular formula is C44H82NO2+. The highest BCUT2D eigenvalue weighted by atomic mass is 16.5. The summed E-state index contributed by atoms with van der Waals surface area (Å²) in [6.45, 7) is 10.7. The van der Waals surface area contributed by atoms with Crippen LogP contribution in [0.3, 0.4) is 0 Å². The monoisotopic (exact) mass is 657 g/mol. The molecule has 0 aliphatic carbocycles. The molecule has 1 heterocycles. The Balaban J connectivity index is 1.94. The summed E-state index contributed by atoms with van der Waals surface area (Å²) in [5, 5.41) is 0. The predicted molar refractivity (Wildman–Crippen MR) is 209 cm³/mol. The number of allylic oxidation sites excluding steroid dienone is 8. The minimum atomic E-state index is 0.644. The molecule has 0 aromatic carbocycles. The third-order valence-corrected chi connectivity index (χ3v) is 9.77. The number of likely N-dealkylation sites (tertiary alicyclic amines) is 1. The van der Waals surface area contributed by atoms with Gasteiger partial charge >= 0.3 is 0 Å². The van der Waals surface area contributed by atoms with Gasteiger partial charge in [0.05, 0.1) is 40.4 Å². The van der Waals surface area contributed by atoms with E-state index in [1.807, 2.05) is 0 Å². The van der Waals surface area contributed by atoms with E-state index in [4.69, 9.17) is 9.47 Å². The molecule has 0 aromatic heterocycles. The van der Waals surface area contributed by atoms with Crippen LogP contribution < -0.4 is 0 Å². The van der Waals surface area contributed by atoms with Crippen molar-refractivity contribution in [2.75, 3.05) is 53.6 Å². The first-order chi connectivity index (χ1) is 23.1. The highest BCUT2D eigenvalue weighted by Crippen LogP contribution is 2.28. The lowest BCUT2D eigenvalue weighted by molar-refractivity contribution is -0.880. The number of hydrogen-bond donors (Lipinski definition) is 0. The summed E-state index contributed by atoms with van der Waals surface area (Å²) in [7, 11) is 4.75. The van der Waals surface area contributed by atoms with Crippen molar-refractivity contribution in [1.82, 2.24) is 0 Å². The Morgan fingerprint density at radius 1 is 0.426 bits per heavy atom. The van der Waals surface area contributed by atoms with Gasteiger partial charge in [-0.05, 0) is 77.0 Å². The Morgan fingerprint density at radius 3 is 1.11 bits per heavy atom. The van der Waals surface area contributed by atoms with E-state index in [-0.39, 0.29) is 0 Å². The minimum Gasteiger partial charge on any atom is -0.381 e. The maximum atomic E-state index is 6.21. The smallest absolute Gasteiger partial charge is 0.0839 e. The quantitative estimate of drug-likeness (QED) is 0.0390. The van der Waals surface area contributed by atoms with Gasteiger partial charge in [-0.3, -0.25) is 0 Å². The van der Waals surface area contributed by atoms with Crippen molar-refractivity contribution in [3.8, 4) is 0 Å². The molecule has 3 heteroatoms. The summed E-state index contributed by atoms with van der Waals surface area (Å²) < 4.78 is 13.5. The molecule has 0 spiro atoms. The topological polar surface area (TPSA) is 18.5 Å². The third-order valence-electron chi connectivity index (χ3n) is 9.77. The van der Waals surface area contributed by atoms with Gasteiger partial charge in [-0.15, -0.1) is 0 Å². The number of rotatable bonds is 34. The summed E-state index contributed by atoms with van der Waals surface area (Å²) in [6, 6.07) is 0. The lowest BCUT2D eigenvalue weighted by atomic mass is 9.98. The lowest BCUT2D eigenvalue weighted by Crippen LogP contribution is -2.37. The van der Waals surface area contributed by atoms with Crippen LogP contribution in [0.5, 0.6) is 0 Å². The second-order valence-electron chi connectivity index (χ2n) is 15.1. The molecule has 47 heavy (non-hydrogen) atoms. The van der Waals surface area contributed by atoms with Crippen LogP contribution in [0.25, 0.3) is 0 Å². The van der Waals surface area contributed by atoms with E-state index in [1.165, 1.54) is 154 Å². The molecule has 0 amide bonds. The molecule has 3 nitrogen and oxygen atoms in total. The first kappa shape index (κ1) is 43.9. The van der Waals surface area contributed by atoms with Gasteiger partial charge in [0.1, 0.15) is 0 Å². The van der Waals surface area contributed by atoms with Crippen molar-refractivity contribution >= 4 is 0 Å². The van der Waals surface area contributed by atoms with Gasteiger partial charge in [0, 0.05) is 25.0 Å². The Bertz CT molecular complexity index is 705. The zero-order valence-electron chi connectivity index (χ0n) is 32.3. The summed E-state index contributed by atoms with van der Waals surface area (Å²) in [5.41, 5.74) is 0. The molecule has 0 radical (unpaired) electrons. The Kier molecular flexibility index (Phi) is 31.1. The molecule has 0 N–H and O–H groups in total. The molecule has 0 unspecified atom stereocenters. The maximum Gasteiger partial charge on any atom is 0.0839 e. The van der Waals surface area contributed by atoms with Crippen LogP contribution >= 0.6 is 0 Å². The van der Waals surface area contributed by atoms with E-state index in [0.29, 0.717) is 11.8 Å². The van der Waals surface area contributed by atoms with Gasteiger partial charge in [0.2, 0.25) is 0 Å². The van der Waals surface area contributed by atoms with Gasteiger partial charge in [0.15, 0.2) is 0 Å². The standard InChI is InChI=1S/C44H82NO2/c1-5-7-9-11-13-15-17-19-21-23-25-27-29-31-33-35-37-46-41-43-39-45(3,4)40-44(43)42-47-38-36-34-32-30-28-26-24-22-20-18-16-14-12-10-8-6-2/h13-16,19-22,43-44H,5-12,17-18,23-42H2,1-4H3/q+1/t43-,44-/m0/s1. The molecule has 1 fully saturated rings. The van der Waals surface area contributed by atoms with E-state index in [9.17, 15) is 0 Å². The second-order valence-corrected chi connectivity index (χ2v) is 15.1. The van der Waals surface area contributed by atoms with Gasteiger partial charge in [-0.2, -0.15) is 0 Å². The highest BCUT2D eigenvalue weighted by molar-refractivity contribution is 4.93. The van der Waals surface area contributed by atoms with Crippen LogP contribution in [0.4, 0.5) is 0 Å². The molecule has 274 valence electrons. The number of ether oxygens (including phenoxy) is 2. The van der Waals surface area contributed by atoms with Crippen LogP contribution in [0, 0.1) is 11.8 Å². The number of nitrogens with zero attached hydrogens (tertiary/aromatic N) is 1. The molecule has 0 bridgehead atoms. The van der Waals surface area contributed by atoms with Gasteiger partial charge < -0.3 is 14.0 Å². The number of quaternary nitrogens is 1. The van der Waals surface area contributed by atoms with E-state index in [2.05, 4.69) is 76.6 Å². The molecule has 1 aliphatic rings. The zero-order chi connectivity index (χ0) is 33.9. The van der Waals surface area contributed by atoms with E-state index in [1.54, 1.807) is 0 Å². The molecular weight excluding hydrogens is 574 g/mol. The van der Waals surface area contributed by atoms with Crippen molar-refractivity contribution in [3.05, 3.63) is 48.6 Å². The maximum absolute atomic E-state index is 6.21. The van der Waals surface area contributed by atoms with Crippen molar-refractivity contribution < 1.29 is 14.0 Å². The van der Waals surface area contributed by atoms with Crippen molar-refractivity contribution in [2.24, 2.45) is 11.8 Å². The number of unbranched alkanes of at least 4 members (excludes halogenated alkanes) is 18. The first-order valence-corrected chi connectivity index (χ1v) is 20.7. The average Bonchev–Trinajstić information content (AvgIpc) is 3.36. The van der Waals surface area contributed by atoms with Crippen LogP contribution in [0.2, 0.25) is 0 Å². The molecule has 1 saturated heterocycles. The molecule has 0 aromatic rings. The van der Waals surface area contributed by atoms with E-state index < -0.39 is 0 Å². The van der Waals surface area contributed by atoms with Gasteiger partial charge in [-0.1, -0.05) is 140 Å². The zero-order valence-corrected chi connectivity index (χ0v) is 32.3. The highest BCUT2D eigenvalue weighted by Gasteiger charge is 2.40. The van der Waals surface area contributed by atoms with Gasteiger partial charge in [0.25, 0.3) is 0 Å². The molecule has 0 saturated carbocycles. The molecule has 1 aliphatic heterocycles. The van der Waals surface area contributed by atoms with Crippen molar-refractivity contribution in [2.45, 2.75) is 168 Å². The summed E-state index contributed by atoms with van der Waals surface area (Å²) >= 11 is 0.